The van der Waals surface area contributed by atoms with E-state index in [-0.39, 0.29) is 23.4 Å². The van der Waals surface area contributed by atoms with Gasteiger partial charge >= 0.3 is 12.1 Å². The molecule has 1 atom stereocenters. The molecule has 0 fully saturated rings. The van der Waals surface area contributed by atoms with E-state index in [1.165, 1.54) is 25.7 Å². The summed E-state index contributed by atoms with van der Waals surface area (Å²) < 4.78 is 33.5. The number of nitrogens with one attached hydrogen (secondary N) is 1. The van der Waals surface area contributed by atoms with Crippen LogP contribution in [0, 0.1) is 0 Å². The largest absolute Gasteiger partial charge is 0.464 e. The molecule has 0 unspecified atom stereocenters. The number of ether oxygens (including phenoxy) is 5. The third kappa shape index (κ3) is 10.5. The van der Waals surface area contributed by atoms with Gasteiger partial charge in [0.05, 0.1) is 26.4 Å². The van der Waals surface area contributed by atoms with Crippen molar-refractivity contribution in [2.45, 2.75) is 96.9 Å². The lowest BCUT2D eigenvalue weighted by Crippen LogP contribution is -2.45. The average molecular weight is 502 g/mol. The Morgan fingerprint density at radius 2 is 1.71 bits per heavy atom. The fourth-order valence-electron chi connectivity index (χ4n) is 2.73. The van der Waals surface area contributed by atoms with Gasteiger partial charge in [-0.3, -0.25) is 5.32 Å². The first-order chi connectivity index (χ1) is 15.5. The van der Waals surface area contributed by atoms with Gasteiger partial charge in [-0.1, -0.05) is 20.8 Å². The fourth-order valence-corrected chi connectivity index (χ4v) is 4.11. The maximum atomic E-state index is 12.1. The molecule has 1 aliphatic heterocycles. The van der Waals surface area contributed by atoms with Gasteiger partial charge in [0.25, 0.3) is 0 Å². The zero-order chi connectivity index (χ0) is 26.2. The van der Waals surface area contributed by atoms with Gasteiger partial charge in [0.1, 0.15) is 23.8 Å². The van der Waals surface area contributed by atoms with E-state index in [0.717, 1.165) is 0 Å². The van der Waals surface area contributed by atoms with Crippen LogP contribution in [0.3, 0.4) is 0 Å². The molecule has 1 amide bonds. The molecule has 1 N–H and O–H groups in total. The lowest BCUT2D eigenvalue weighted by Gasteiger charge is -2.39. The Labute approximate surface area is 205 Å². The molecule has 10 heteroatoms. The van der Waals surface area contributed by atoms with Gasteiger partial charge in [-0.15, -0.1) is 0 Å². The summed E-state index contributed by atoms with van der Waals surface area (Å²) in [5.74, 6) is -1.41. The number of methoxy groups -OCH3 is 1. The molecule has 1 aliphatic rings. The van der Waals surface area contributed by atoms with Crippen LogP contribution in [0.1, 0.15) is 61.3 Å². The van der Waals surface area contributed by atoms with Gasteiger partial charge in [-0.25, -0.2) is 9.59 Å². The number of rotatable bonds is 11. The molecule has 0 saturated carbocycles. The summed E-state index contributed by atoms with van der Waals surface area (Å²) in [5, 5.41) is 2.45. The third-order valence-corrected chi connectivity index (χ3v) is 10.2. The quantitative estimate of drug-likeness (QED) is 0.183. The number of carbonyl (C=O) groups excluding carboxylic acids is 2. The minimum Gasteiger partial charge on any atom is -0.464 e. The Morgan fingerprint density at radius 3 is 2.21 bits per heavy atom. The first-order valence-electron chi connectivity index (χ1n) is 11.5. The van der Waals surface area contributed by atoms with Gasteiger partial charge in [0.2, 0.25) is 5.79 Å². The Balaban J connectivity index is 2.80. The second kappa shape index (κ2) is 12.1. The van der Waals surface area contributed by atoms with Crippen LogP contribution < -0.4 is 5.32 Å². The van der Waals surface area contributed by atoms with Gasteiger partial charge in [0, 0.05) is 13.3 Å². The highest BCUT2D eigenvalue weighted by Gasteiger charge is 2.40. The van der Waals surface area contributed by atoms with Crippen molar-refractivity contribution < 1.29 is 37.7 Å². The molecule has 0 aromatic heterocycles. The lowest BCUT2D eigenvalue weighted by molar-refractivity contribution is -0.137. The summed E-state index contributed by atoms with van der Waals surface area (Å²) in [6.45, 7) is 18.4. The van der Waals surface area contributed by atoms with E-state index in [1.54, 1.807) is 20.8 Å². The highest BCUT2D eigenvalue weighted by molar-refractivity contribution is 6.74. The molecule has 0 aromatic carbocycles. The van der Waals surface area contributed by atoms with Crippen molar-refractivity contribution in [1.29, 1.82) is 0 Å². The van der Waals surface area contributed by atoms with Crippen molar-refractivity contribution in [3.63, 3.8) is 0 Å². The predicted molar refractivity (Wildman–Crippen MR) is 131 cm³/mol. The topological polar surface area (TPSA) is 102 Å². The first-order valence-corrected chi connectivity index (χ1v) is 14.4. The molecular weight excluding hydrogens is 458 g/mol. The molecule has 0 spiro atoms. The monoisotopic (exact) mass is 501 g/mol. The van der Waals surface area contributed by atoms with Crippen molar-refractivity contribution in [1.82, 2.24) is 5.32 Å². The van der Waals surface area contributed by atoms with Crippen LogP contribution in [0.4, 0.5) is 4.79 Å². The maximum Gasteiger partial charge on any atom is 0.412 e. The standard InChI is InChI=1S/C24H43NO8Si/c1-22(2,3)32-21(27)25-19(20(26)28-8)12-14-29-17-18(33-34(9,10)23(4,5)6)11-13-24(7)30-15-16-31-24/h12,15-16,18H,11,13-14,17H2,1-10H3,(H,25,27)/b19-12+/t18-/m0/s1. The molecule has 0 radical (unpaired) electrons. The van der Waals surface area contributed by atoms with Crippen LogP contribution in [0.25, 0.3) is 0 Å². The van der Waals surface area contributed by atoms with Crippen molar-refractivity contribution >= 4 is 20.4 Å². The minimum absolute atomic E-state index is 0.0341. The summed E-state index contributed by atoms with van der Waals surface area (Å²) >= 11 is 0. The molecule has 1 rings (SSSR count). The van der Waals surface area contributed by atoms with Gasteiger partial charge in [-0.05, 0) is 51.4 Å². The van der Waals surface area contributed by atoms with Crippen LogP contribution in [0.5, 0.6) is 0 Å². The zero-order valence-corrected chi connectivity index (χ0v) is 23.4. The van der Waals surface area contributed by atoms with E-state index >= 15 is 0 Å². The van der Waals surface area contributed by atoms with Gasteiger partial charge in [0.15, 0.2) is 8.32 Å². The zero-order valence-electron chi connectivity index (χ0n) is 22.4. The van der Waals surface area contributed by atoms with Crippen LogP contribution >= 0.6 is 0 Å². The van der Waals surface area contributed by atoms with E-state index in [1.807, 2.05) is 6.92 Å². The summed E-state index contributed by atoms with van der Waals surface area (Å²) in [7, 11) is -0.824. The summed E-state index contributed by atoms with van der Waals surface area (Å²) in [6, 6.07) is 0. The van der Waals surface area contributed by atoms with Crippen molar-refractivity contribution in [3.05, 3.63) is 24.3 Å². The molecule has 0 saturated heterocycles. The van der Waals surface area contributed by atoms with E-state index in [0.29, 0.717) is 19.4 Å². The first kappa shape index (κ1) is 30.0. The molecular formula is C24H43NO8Si. The predicted octanol–water partition coefficient (Wildman–Crippen LogP) is 4.99. The normalized spacial score (nSPS) is 16.9. The van der Waals surface area contributed by atoms with Gasteiger partial charge in [-0.2, -0.15) is 0 Å². The Hall–Kier alpha value is -2.04. The highest BCUT2D eigenvalue weighted by Crippen LogP contribution is 2.38. The number of hydrogen-bond acceptors (Lipinski definition) is 8. The Kier molecular flexibility index (Phi) is 10.7. The molecule has 0 bridgehead atoms. The number of alkyl carbamates (subject to hydrolysis) is 1. The van der Waals surface area contributed by atoms with Crippen LogP contribution in [-0.4, -0.2) is 58.2 Å². The highest BCUT2D eigenvalue weighted by atomic mass is 28.4. The van der Waals surface area contributed by atoms with Gasteiger partial charge < -0.3 is 28.1 Å². The molecule has 9 nitrogen and oxygen atoms in total. The van der Waals surface area contributed by atoms with Crippen LogP contribution in [0.2, 0.25) is 18.1 Å². The number of amides is 1. The molecule has 1 heterocycles. The van der Waals surface area contributed by atoms with Crippen molar-refractivity contribution in [3.8, 4) is 0 Å². The van der Waals surface area contributed by atoms with Crippen LogP contribution in [0.15, 0.2) is 24.3 Å². The summed E-state index contributed by atoms with van der Waals surface area (Å²) in [5.41, 5.74) is -0.750. The summed E-state index contributed by atoms with van der Waals surface area (Å²) in [4.78, 5) is 24.1. The van der Waals surface area contributed by atoms with Crippen LogP contribution in [-0.2, 0) is 32.9 Å². The number of carbonyl (C=O) groups is 2. The van der Waals surface area contributed by atoms with E-state index in [9.17, 15) is 9.59 Å². The average Bonchev–Trinajstić information content (AvgIpc) is 3.12. The van der Waals surface area contributed by atoms with Crippen molar-refractivity contribution in [2.24, 2.45) is 0 Å². The summed E-state index contributed by atoms with van der Waals surface area (Å²) in [6.07, 6.45) is 4.86. The number of hydrogen-bond donors (Lipinski definition) is 1. The number of esters is 1. The lowest BCUT2D eigenvalue weighted by atomic mass is 10.1. The second-order valence-electron chi connectivity index (χ2n) is 11.0. The minimum atomic E-state index is -2.06. The van der Waals surface area contributed by atoms with E-state index < -0.39 is 31.8 Å². The second-order valence-corrected chi connectivity index (χ2v) is 15.7. The van der Waals surface area contributed by atoms with E-state index in [2.05, 4.69) is 39.2 Å². The fraction of sp³-hybridized carbons (Fsp3) is 0.750. The molecule has 0 aromatic rings. The maximum absolute atomic E-state index is 12.1. The van der Waals surface area contributed by atoms with Crippen molar-refractivity contribution in [2.75, 3.05) is 20.3 Å². The SMILES string of the molecule is COC(=O)/C(=C\COC[C@H](CCC1(C)OC=CO1)O[Si](C)(C)C(C)(C)C)NC(=O)OC(C)(C)C. The third-order valence-electron chi connectivity index (χ3n) is 5.63. The molecule has 0 aliphatic carbocycles. The molecule has 34 heavy (non-hydrogen) atoms. The van der Waals surface area contributed by atoms with E-state index in [4.69, 9.17) is 28.1 Å². The Morgan fingerprint density at radius 1 is 1.12 bits per heavy atom. The molecule has 196 valence electrons. The smallest absolute Gasteiger partial charge is 0.412 e. The Bertz CT molecular complexity index is 741.